The van der Waals surface area contributed by atoms with E-state index in [-0.39, 0.29) is 6.09 Å². The third kappa shape index (κ3) is 1.40. The van der Waals surface area contributed by atoms with Crippen molar-refractivity contribution in [3.63, 3.8) is 0 Å². The molecule has 1 aliphatic heterocycles. The molecule has 0 atom stereocenters. The molecule has 0 saturated carbocycles. The Morgan fingerprint density at radius 1 is 1.80 bits per heavy atom. The van der Waals surface area contributed by atoms with Gasteiger partial charge in [0.1, 0.15) is 6.61 Å². The van der Waals surface area contributed by atoms with Crippen LogP contribution in [0.1, 0.15) is 0 Å². The SMILES string of the molecule is COC(=O)N1C=COCC1. The quantitative estimate of drug-likeness (QED) is 0.497. The van der Waals surface area contributed by atoms with Gasteiger partial charge in [0, 0.05) is 6.20 Å². The molecule has 4 heteroatoms. The van der Waals surface area contributed by atoms with Gasteiger partial charge in [0.2, 0.25) is 0 Å². The number of carbonyl (C=O) groups is 1. The Morgan fingerprint density at radius 3 is 3.10 bits per heavy atom. The summed E-state index contributed by atoms with van der Waals surface area (Å²) in [5.74, 6) is 0. The highest BCUT2D eigenvalue weighted by molar-refractivity contribution is 5.68. The molecule has 0 aromatic carbocycles. The van der Waals surface area contributed by atoms with E-state index in [9.17, 15) is 4.79 Å². The molecule has 0 aromatic rings. The number of methoxy groups -OCH3 is 1. The van der Waals surface area contributed by atoms with E-state index in [0.29, 0.717) is 13.2 Å². The van der Waals surface area contributed by atoms with Crippen LogP contribution in [-0.2, 0) is 9.47 Å². The standard InChI is InChI=1S/C6H9NO3/c1-9-6(8)7-2-4-10-5-3-7/h2,4H,3,5H2,1H3. The predicted molar refractivity (Wildman–Crippen MR) is 34.2 cm³/mol. The highest BCUT2D eigenvalue weighted by Crippen LogP contribution is 1.99. The van der Waals surface area contributed by atoms with Crippen LogP contribution in [0.3, 0.4) is 0 Å². The Labute approximate surface area is 59.0 Å². The molecule has 0 radical (unpaired) electrons. The van der Waals surface area contributed by atoms with Crippen LogP contribution < -0.4 is 0 Å². The Balaban J connectivity index is 2.46. The fraction of sp³-hybridized carbons (Fsp3) is 0.500. The van der Waals surface area contributed by atoms with Crippen molar-refractivity contribution in [2.24, 2.45) is 0 Å². The molecule has 56 valence electrons. The van der Waals surface area contributed by atoms with E-state index in [0.717, 1.165) is 0 Å². The van der Waals surface area contributed by atoms with Gasteiger partial charge in [0.15, 0.2) is 0 Å². The smallest absolute Gasteiger partial charge is 0.413 e. The lowest BCUT2D eigenvalue weighted by Gasteiger charge is -2.19. The summed E-state index contributed by atoms with van der Waals surface area (Å²) >= 11 is 0. The van der Waals surface area contributed by atoms with E-state index in [1.54, 1.807) is 6.20 Å². The van der Waals surface area contributed by atoms with Crippen molar-refractivity contribution in [2.75, 3.05) is 20.3 Å². The van der Waals surface area contributed by atoms with Crippen molar-refractivity contribution in [2.45, 2.75) is 0 Å². The van der Waals surface area contributed by atoms with Gasteiger partial charge >= 0.3 is 6.09 Å². The first-order valence-electron chi connectivity index (χ1n) is 2.97. The van der Waals surface area contributed by atoms with Crippen LogP contribution in [0.15, 0.2) is 12.5 Å². The van der Waals surface area contributed by atoms with Crippen molar-refractivity contribution in [3.05, 3.63) is 12.5 Å². The van der Waals surface area contributed by atoms with Crippen molar-refractivity contribution < 1.29 is 14.3 Å². The highest BCUT2D eigenvalue weighted by atomic mass is 16.5. The lowest BCUT2D eigenvalue weighted by atomic mass is 10.5. The molecular weight excluding hydrogens is 134 g/mol. The Hall–Kier alpha value is -1.19. The van der Waals surface area contributed by atoms with Crippen molar-refractivity contribution >= 4 is 6.09 Å². The molecule has 1 amide bonds. The Bertz CT molecular complexity index is 155. The number of rotatable bonds is 0. The summed E-state index contributed by atoms with van der Waals surface area (Å²) in [5.41, 5.74) is 0. The molecule has 0 saturated heterocycles. The summed E-state index contributed by atoms with van der Waals surface area (Å²) < 4.78 is 9.33. The topological polar surface area (TPSA) is 38.8 Å². The molecule has 1 rings (SSSR count). The summed E-state index contributed by atoms with van der Waals surface area (Å²) in [6.07, 6.45) is 2.68. The summed E-state index contributed by atoms with van der Waals surface area (Å²) in [4.78, 5) is 12.2. The first-order chi connectivity index (χ1) is 4.84. The van der Waals surface area contributed by atoms with Gasteiger partial charge in [-0.15, -0.1) is 0 Å². The fourth-order valence-electron chi connectivity index (χ4n) is 0.680. The van der Waals surface area contributed by atoms with Gasteiger partial charge in [0.05, 0.1) is 19.9 Å². The van der Waals surface area contributed by atoms with Gasteiger partial charge in [-0.25, -0.2) is 4.79 Å². The van der Waals surface area contributed by atoms with Gasteiger partial charge in [-0.3, -0.25) is 4.90 Å². The zero-order valence-corrected chi connectivity index (χ0v) is 5.74. The maximum atomic E-state index is 10.8. The Morgan fingerprint density at radius 2 is 2.60 bits per heavy atom. The average Bonchev–Trinajstić information content (AvgIpc) is 2.05. The molecule has 0 N–H and O–H groups in total. The minimum absolute atomic E-state index is 0.348. The minimum atomic E-state index is -0.348. The van der Waals surface area contributed by atoms with Crippen molar-refractivity contribution in [1.29, 1.82) is 0 Å². The summed E-state index contributed by atoms with van der Waals surface area (Å²) in [6.45, 7) is 1.09. The van der Waals surface area contributed by atoms with E-state index >= 15 is 0 Å². The lowest BCUT2D eigenvalue weighted by molar-refractivity contribution is 0.116. The molecule has 0 spiro atoms. The molecule has 0 bridgehead atoms. The number of hydrogen-bond acceptors (Lipinski definition) is 3. The van der Waals surface area contributed by atoms with Gasteiger partial charge in [-0.1, -0.05) is 0 Å². The molecule has 10 heavy (non-hydrogen) atoms. The average molecular weight is 143 g/mol. The summed E-state index contributed by atoms with van der Waals surface area (Å²) in [6, 6.07) is 0. The Kier molecular flexibility index (Phi) is 2.15. The van der Waals surface area contributed by atoms with Crippen LogP contribution in [0.2, 0.25) is 0 Å². The van der Waals surface area contributed by atoms with Crippen LogP contribution in [0.25, 0.3) is 0 Å². The molecule has 1 aliphatic rings. The number of nitrogens with zero attached hydrogens (tertiary/aromatic N) is 1. The number of amides is 1. The third-order valence-electron chi connectivity index (χ3n) is 1.20. The lowest BCUT2D eigenvalue weighted by Crippen LogP contribution is -2.30. The first kappa shape index (κ1) is 6.92. The second-order valence-corrected chi connectivity index (χ2v) is 1.82. The zero-order valence-electron chi connectivity index (χ0n) is 5.74. The van der Waals surface area contributed by atoms with E-state index in [1.165, 1.54) is 18.3 Å². The monoisotopic (exact) mass is 143 g/mol. The third-order valence-corrected chi connectivity index (χ3v) is 1.20. The molecule has 0 aliphatic carbocycles. The fourth-order valence-corrected chi connectivity index (χ4v) is 0.680. The van der Waals surface area contributed by atoms with Gasteiger partial charge in [0.25, 0.3) is 0 Å². The number of carbonyl (C=O) groups excluding carboxylic acids is 1. The van der Waals surface area contributed by atoms with Gasteiger partial charge < -0.3 is 9.47 Å². The van der Waals surface area contributed by atoms with Gasteiger partial charge in [-0.05, 0) is 0 Å². The van der Waals surface area contributed by atoms with Crippen LogP contribution >= 0.6 is 0 Å². The maximum absolute atomic E-state index is 10.8. The van der Waals surface area contributed by atoms with E-state index in [4.69, 9.17) is 4.74 Å². The second-order valence-electron chi connectivity index (χ2n) is 1.82. The second kappa shape index (κ2) is 3.10. The normalized spacial score (nSPS) is 16.3. The van der Waals surface area contributed by atoms with Crippen LogP contribution in [0, 0.1) is 0 Å². The molecule has 0 aromatic heterocycles. The van der Waals surface area contributed by atoms with Crippen molar-refractivity contribution in [3.8, 4) is 0 Å². The summed E-state index contributed by atoms with van der Waals surface area (Å²) in [5, 5.41) is 0. The molecule has 1 heterocycles. The van der Waals surface area contributed by atoms with E-state index in [1.807, 2.05) is 0 Å². The van der Waals surface area contributed by atoms with E-state index < -0.39 is 0 Å². The summed E-state index contributed by atoms with van der Waals surface area (Å²) in [7, 11) is 1.35. The van der Waals surface area contributed by atoms with Gasteiger partial charge in [-0.2, -0.15) is 0 Å². The molecule has 0 unspecified atom stereocenters. The maximum Gasteiger partial charge on any atom is 0.413 e. The minimum Gasteiger partial charge on any atom is -0.498 e. The first-order valence-corrected chi connectivity index (χ1v) is 2.97. The van der Waals surface area contributed by atoms with Crippen LogP contribution in [0.5, 0.6) is 0 Å². The highest BCUT2D eigenvalue weighted by Gasteiger charge is 2.12. The predicted octanol–water partition coefficient (Wildman–Crippen LogP) is 0.556. The number of hydrogen-bond donors (Lipinski definition) is 0. The molecular formula is C6H9NO3. The van der Waals surface area contributed by atoms with Crippen LogP contribution in [-0.4, -0.2) is 31.3 Å². The molecule has 0 fully saturated rings. The van der Waals surface area contributed by atoms with Crippen LogP contribution in [0.4, 0.5) is 4.79 Å². The van der Waals surface area contributed by atoms with E-state index in [2.05, 4.69) is 4.74 Å². The molecule has 4 nitrogen and oxygen atoms in total. The number of ether oxygens (including phenoxy) is 2. The zero-order chi connectivity index (χ0) is 7.40. The van der Waals surface area contributed by atoms with Crippen molar-refractivity contribution in [1.82, 2.24) is 4.90 Å². The largest absolute Gasteiger partial charge is 0.498 e.